The highest BCUT2D eigenvalue weighted by Gasteiger charge is 2.26. The number of nitrogens with one attached hydrogen (secondary N) is 1. The molecule has 0 bridgehead atoms. The van der Waals surface area contributed by atoms with Crippen LogP contribution in [0.1, 0.15) is 30.9 Å². The first-order valence-electron chi connectivity index (χ1n) is 4.24. The van der Waals surface area contributed by atoms with Gasteiger partial charge in [0.2, 0.25) is 0 Å². The van der Waals surface area contributed by atoms with E-state index in [-0.39, 0.29) is 0 Å². The van der Waals surface area contributed by atoms with E-state index >= 15 is 0 Å². The Morgan fingerprint density at radius 2 is 2.50 bits per heavy atom. The van der Waals surface area contributed by atoms with E-state index in [1.165, 1.54) is 12.8 Å². The van der Waals surface area contributed by atoms with Crippen LogP contribution in [-0.4, -0.2) is 15.3 Å². The van der Waals surface area contributed by atoms with Gasteiger partial charge in [0, 0.05) is 5.56 Å². The van der Waals surface area contributed by atoms with Crippen molar-refractivity contribution in [3.05, 3.63) is 11.8 Å². The van der Waals surface area contributed by atoms with E-state index in [1.54, 1.807) is 6.20 Å². The van der Waals surface area contributed by atoms with Crippen LogP contribution in [0.2, 0.25) is 0 Å². The monoisotopic (exact) mass is 167 g/mol. The van der Waals surface area contributed by atoms with Gasteiger partial charge in [-0.25, -0.2) is 0 Å². The van der Waals surface area contributed by atoms with Crippen LogP contribution in [0, 0.1) is 5.92 Å². The second-order valence-electron chi connectivity index (χ2n) is 3.43. The molecule has 1 unspecified atom stereocenters. The number of nitrogens with zero attached hydrogens (tertiary/aromatic N) is 1. The average molecular weight is 167 g/mol. The second-order valence-corrected chi connectivity index (χ2v) is 3.43. The quantitative estimate of drug-likeness (QED) is 0.624. The zero-order valence-electron chi connectivity index (χ0n) is 6.83. The molecule has 1 aromatic heterocycles. The molecule has 4 N–H and O–H groups in total. The van der Waals surface area contributed by atoms with Gasteiger partial charge < -0.3 is 10.8 Å². The van der Waals surface area contributed by atoms with Crippen molar-refractivity contribution < 1.29 is 5.11 Å². The maximum Gasteiger partial charge on any atom is 0.124 e. The van der Waals surface area contributed by atoms with E-state index in [1.807, 2.05) is 0 Å². The Hall–Kier alpha value is -1.03. The fourth-order valence-corrected chi connectivity index (χ4v) is 1.37. The number of rotatable bonds is 3. The van der Waals surface area contributed by atoms with Crippen LogP contribution in [0.15, 0.2) is 6.20 Å². The molecule has 0 amide bonds. The lowest BCUT2D eigenvalue weighted by Gasteiger charge is -2.07. The van der Waals surface area contributed by atoms with Crippen LogP contribution in [-0.2, 0) is 0 Å². The highest BCUT2D eigenvalue weighted by Crippen LogP contribution is 2.38. The van der Waals surface area contributed by atoms with Crippen LogP contribution in [0.25, 0.3) is 0 Å². The first-order chi connectivity index (χ1) is 5.77. The number of hydrogen-bond donors (Lipinski definition) is 3. The Labute approximate surface area is 70.8 Å². The molecular weight excluding hydrogens is 154 g/mol. The number of nitrogen functional groups attached to an aromatic ring is 1. The number of aliphatic hydroxyl groups excluding tert-OH is 1. The molecule has 1 aliphatic rings. The van der Waals surface area contributed by atoms with E-state index in [4.69, 9.17) is 5.73 Å². The third kappa shape index (κ3) is 1.43. The lowest BCUT2D eigenvalue weighted by molar-refractivity contribution is 0.161. The van der Waals surface area contributed by atoms with Crippen LogP contribution in [0.4, 0.5) is 5.82 Å². The van der Waals surface area contributed by atoms with Crippen LogP contribution in [0.5, 0.6) is 0 Å². The fraction of sp³-hybridized carbons (Fsp3) is 0.625. The summed E-state index contributed by atoms with van der Waals surface area (Å²) < 4.78 is 0. The van der Waals surface area contributed by atoms with Gasteiger partial charge in [0.05, 0.1) is 12.3 Å². The van der Waals surface area contributed by atoms with E-state index in [0.29, 0.717) is 11.7 Å². The molecule has 0 spiro atoms. The molecule has 0 aromatic carbocycles. The lowest BCUT2D eigenvalue weighted by Crippen LogP contribution is -2.00. The molecule has 0 saturated heterocycles. The van der Waals surface area contributed by atoms with Gasteiger partial charge in [0.15, 0.2) is 0 Å². The van der Waals surface area contributed by atoms with Crippen molar-refractivity contribution in [2.24, 2.45) is 5.92 Å². The van der Waals surface area contributed by atoms with Gasteiger partial charge in [-0.1, -0.05) is 12.8 Å². The molecule has 12 heavy (non-hydrogen) atoms. The number of anilines is 1. The first kappa shape index (κ1) is 7.61. The molecule has 1 heterocycles. The largest absolute Gasteiger partial charge is 0.388 e. The molecule has 2 rings (SSSR count). The Morgan fingerprint density at radius 1 is 1.75 bits per heavy atom. The number of aromatic nitrogens is 2. The van der Waals surface area contributed by atoms with Crippen molar-refractivity contribution in [2.45, 2.75) is 25.4 Å². The number of aromatic amines is 1. The number of aliphatic hydroxyl groups is 1. The van der Waals surface area contributed by atoms with E-state index < -0.39 is 6.10 Å². The number of nitrogens with two attached hydrogens (primary N) is 1. The van der Waals surface area contributed by atoms with Crippen LogP contribution >= 0.6 is 0 Å². The molecule has 1 atom stereocenters. The van der Waals surface area contributed by atoms with Gasteiger partial charge in [0.25, 0.3) is 0 Å². The molecule has 4 heteroatoms. The van der Waals surface area contributed by atoms with E-state index in [0.717, 1.165) is 12.0 Å². The molecule has 0 aliphatic heterocycles. The third-order valence-electron chi connectivity index (χ3n) is 2.31. The van der Waals surface area contributed by atoms with Crippen molar-refractivity contribution in [3.8, 4) is 0 Å². The first-order valence-corrected chi connectivity index (χ1v) is 4.24. The lowest BCUT2D eigenvalue weighted by atomic mass is 10.1. The topological polar surface area (TPSA) is 74.9 Å². The summed E-state index contributed by atoms with van der Waals surface area (Å²) in [7, 11) is 0. The Morgan fingerprint density at radius 3 is 3.00 bits per heavy atom. The molecule has 4 nitrogen and oxygen atoms in total. The summed E-state index contributed by atoms with van der Waals surface area (Å²) in [6.45, 7) is 0. The zero-order chi connectivity index (χ0) is 8.55. The number of hydrogen-bond acceptors (Lipinski definition) is 3. The smallest absolute Gasteiger partial charge is 0.124 e. The summed E-state index contributed by atoms with van der Waals surface area (Å²) in [5, 5.41) is 16.0. The third-order valence-corrected chi connectivity index (χ3v) is 2.31. The van der Waals surface area contributed by atoms with Crippen molar-refractivity contribution in [2.75, 3.05) is 5.73 Å². The minimum atomic E-state index is -0.434. The van der Waals surface area contributed by atoms with Crippen LogP contribution in [0.3, 0.4) is 0 Å². The Balaban J connectivity index is 2.02. The molecule has 1 fully saturated rings. The summed E-state index contributed by atoms with van der Waals surface area (Å²) in [4.78, 5) is 0. The van der Waals surface area contributed by atoms with Gasteiger partial charge in [0.1, 0.15) is 5.82 Å². The average Bonchev–Trinajstić information content (AvgIpc) is 2.72. The van der Waals surface area contributed by atoms with Crippen LogP contribution < -0.4 is 5.73 Å². The zero-order valence-corrected chi connectivity index (χ0v) is 6.83. The van der Waals surface area contributed by atoms with E-state index in [9.17, 15) is 5.11 Å². The molecule has 1 aromatic rings. The summed E-state index contributed by atoms with van der Waals surface area (Å²) in [6.07, 6.45) is 4.48. The molecular formula is C8H13N3O. The van der Waals surface area contributed by atoms with Gasteiger partial charge in [-0.3, -0.25) is 5.10 Å². The molecule has 66 valence electrons. The van der Waals surface area contributed by atoms with Gasteiger partial charge in [-0.15, -0.1) is 0 Å². The predicted molar refractivity (Wildman–Crippen MR) is 45.3 cm³/mol. The second kappa shape index (κ2) is 2.79. The summed E-state index contributed by atoms with van der Waals surface area (Å²) >= 11 is 0. The highest BCUT2D eigenvalue weighted by atomic mass is 16.3. The molecule has 1 aliphatic carbocycles. The van der Waals surface area contributed by atoms with Crippen molar-refractivity contribution in [1.82, 2.24) is 10.2 Å². The summed E-state index contributed by atoms with van der Waals surface area (Å²) in [5.74, 6) is 1.19. The predicted octanol–water partition coefficient (Wildman–Crippen LogP) is 0.825. The summed E-state index contributed by atoms with van der Waals surface area (Å²) in [6, 6.07) is 0. The highest BCUT2D eigenvalue weighted by molar-refractivity contribution is 5.38. The van der Waals surface area contributed by atoms with Gasteiger partial charge in [-0.05, 0) is 12.3 Å². The van der Waals surface area contributed by atoms with Gasteiger partial charge in [-0.2, -0.15) is 5.10 Å². The van der Waals surface area contributed by atoms with Crippen molar-refractivity contribution >= 4 is 5.82 Å². The van der Waals surface area contributed by atoms with Crippen molar-refractivity contribution in [3.63, 3.8) is 0 Å². The summed E-state index contributed by atoms with van der Waals surface area (Å²) in [5.41, 5.74) is 6.30. The number of H-pyrrole nitrogens is 1. The standard InChI is InChI=1S/C8H13N3O/c9-8-6(4-10-11-8)7(12)3-5-1-2-5/h4-5,7,12H,1-3H2,(H3,9,10,11). The Kier molecular flexibility index (Phi) is 1.77. The molecule has 0 radical (unpaired) electrons. The minimum Gasteiger partial charge on any atom is -0.388 e. The Bertz CT molecular complexity index is 267. The normalized spacial score (nSPS) is 19.4. The SMILES string of the molecule is Nc1[nH]ncc1C(O)CC1CC1. The van der Waals surface area contributed by atoms with E-state index in [2.05, 4.69) is 10.2 Å². The van der Waals surface area contributed by atoms with Gasteiger partial charge >= 0.3 is 0 Å². The molecule has 1 saturated carbocycles. The fourth-order valence-electron chi connectivity index (χ4n) is 1.37. The van der Waals surface area contributed by atoms with Crippen molar-refractivity contribution in [1.29, 1.82) is 0 Å². The maximum atomic E-state index is 9.66. The maximum absolute atomic E-state index is 9.66. The minimum absolute atomic E-state index is 0.434.